The van der Waals surface area contributed by atoms with Gasteiger partial charge in [0.25, 0.3) is 0 Å². The molecule has 0 heterocycles. The van der Waals surface area contributed by atoms with Crippen LogP contribution in [0.3, 0.4) is 0 Å². The number of benzene rings is 1. The molecule has 1 aromatic rings. The molecule has 0 aromatic heterocycles. The van der Waals surface area contributed by atoms with Crippen LogP contribution in [0.25, 0.3) is 0 Å². The Balaban J connectivity index is 2.79. The third kappa shape index (κ3) is 3.65. The number of ether oxygens (including phenoxy) is 1. The average molecular weight is 244 g/mol. The van der Waals surface area contributed by atoms with Gasteiger partial charge in [0.05, 0.1) is 4.92 Å². The summed E-state index contributed by atoms with van der Waals surface area (Å²) < 4.78 is 18.3. The average Bonchev–Trinajstić information content (AvgIpc) is 2.27. The molecule has 2 N–H and O–H groups in total. The minimum atomic E-state index is -0.862. The van der Waals surface area contributed by atoms with Crippen molar-refractivity contribution in [2.24, 2.45) is 0 Å². The van der Waals surface area contributed by atoms with Crippen LogP contribution in [0.1, 0.15) is 0 Å². The largest absolute Gasteiger partial charge is 0.482 e. The molecule has 1 aromatic carbocycles. The Labute approximate surface area is 97.2 Å². The Kier molecular flexibility index (Phi) is 4.80. The molecule has 0 saturated carbocycles. The number of halogens is 1. The lowest BCUT2D eigenvalue weighted by Gasteiger charge is -2.12. The molecule has 6 nitrogen and oxygen atoms in total. The van der Waals surface area contributed by atoms with Crippen LogP contribution in [0, 0.1) is 15.9 Å². The molecule has 0 saturated heterocycles. The van der Waals surface area contributed by atoms with E-state index in [1.165, 1.54) is 6.07 Å². The summed E-state index contributed by atoms with van der Waals surface area (Å²) in [7, 11) is 1.63. The van der Waals surface area contributed by atoms with E-state index in [1.54, 1.807) is 7.05 Å². The van der Waals surface area contributed by atoms with E-state index in [1.807, 2.05) is 0 Å². The highest BCUT2D eigenvalue weighted by atomic mass is 19.1. The van der Waals surface area contributed by atoms with Crippen LogP contribution in [0.15, 0.2) is 18.2 Å². The molecule has 17 heavy (non-hydrogen) atoms. The van der Waals surface area contributed by atoms with Gasteiger partial charge in [-0.3, -0.25) is 10.1 Å². The third-order valence-electron chi connectivity index (χ3n) is 2.00. The van der Waals surface area contributed by atoms with Gasteiger partial charge < -0.3 is 15.2 Å². The van der Waals surface area contributed by atoms with E-state index in [-0.39, 0.29) is 13.2 Å². The van der Waals surface area contributed by atoms with E-state index in [2.05, 4.69) is 5.32 Å². The van der Waals surface area contributed by atoms with Gasteiger partial charge in [0.2, 0.25) is 5.75 Å². The lowest BCUT2D eigenvalue weighted by atomic mass is 10.3. The van der Waals surface area contributed by atoms with Crippen LogP contribution in [-0.2, 0) is 0 Å². The maximum atomic E-state index is 13.3. The number of likely N-dealkylation sites (N-methyl/N-ethyl adjacent to an activating group) is 1. The highest BCUT2D eigenvalue weighted by Gasteiger charge is 2.20. The lowest BCUT2D eigenvalue weighted by Crippen LogP contribution is -2.29. The number of nitro groups is 1. The monoisotopic (exact) mass is 244 g/mol. The minimum absolute atomic E-state index is 0.220. The Bertz CT molecular complexity index is 400. The molecule has 94 valence electrons. The van der Waals surface area contributed by atoms with Gasteiger partial charge in [-0.2, -0.15) is 0 Å². The van der Waals surface area contributed by atoms with E-state index >= 15 is 0 Å². The van der Waals surface area contributed by atoms with Gasteiger partial charge in [-0.1, -0.05) is 6.07 Å². The zero-order valence-electron chi connectivity index (χ0n) is 9.22. The van der Waals surface area contributed by atoms with Crippen molar-refractivity contribution in [1.29, 1.82) is 0 Å². The second kappa shape index (κ2) is 6.12. The van der Waals surface area contributed by atoms with E-state index < -0.39 is 28.3 Å². The smallest absolute Gasteiger partial charge is 0.314 e. The Morgan fingerprint density at radius 3 is 2.94 bits per heavy atom. The first-order valence-corrected chi connectivity index (χ1v) is 4.94. The number of nitrogens with zero attached hydrogens (tertiary/aromatic N) is 1. The lowest BCUT2D eigenvalue weighted by molar-refractivity contribution is -0.386. The quantitative estimate of drug-likeness (QED) is 0.568. The molecule has 0 aliphatic rings. The van der Waals surface area contributed by atoms with Crippen molar-refractivity contribution < 1.29 is 19.2 Å². The molecule has 0 aliphatic heterocycles. The number of hydrogen-bond donors (Lipinski definition) is 2. The number of para-hydroxylation sites is 1. The van der Waals surface area contributed by atoms with Crippen LogP contribution in [0.5, 0.6) is 5.75 Å². The summed E-state index contributed by atoms with van der Waals surface area (Å²) in [6, 6.07) is 3.43. The van der Waals surface area contributed by atoms with Gasteiger partial charge in [-0.15, -0.1) is 0 Å². The molecule has 1 rings (SSSR count). The molecule has 0 spiro atoms. The SMILES string of the molecule is CNCC(O)COc1c(F)cccc1[N+](=O)[O-]. The maximum absolute atomic E-state index is 13.3. The Hall–Kier alpha value is -1.73. The fourth-order valence-electron chi connectivity index (χ4n) is 1.26. The summed E-state index contributed by atoms with van der Waals surface area (Å²) in [5.41, 5.74) is -0.457. The molecule has 1 unspecified atom stereocenters. The molecular weight excluding hydrogens is 231 g/mol. The summed E-state index contributed by atoms with van der Waals surface area (Å²) in [5.74, 6) is -1.27. The predicted molar refractivity (Wildman–Crippen MR) is 58.5 cm³/mol. The van der Waals surface area contributed by atoms with Crippen LogP contribution >= 0.6 is 0 Å². The van der Waals surface area contributed by atoms with Crippen molar-refractivity contribution in [2.45, 2.75) is 6.10 Å². The molecule has 0 radical (unpaired) electrons. The number of aliphatic hydroxyl groups excluding tert-OH is 1. The zero-order valence-corrected chi connectivity index (χ0v) is 9.22. The zero-order chi connectivity index (χ0) is 12.8. The van der Waals surface area contributed by atoms with Crippen molar-refractivity contribution in [3.63, 3.8) is 0 Å². The van der Waals surface area contributed by atoms with E-state index in [0.717, 1.165) is 12.1 Å². The second-order valence-corrected chi connectivity index (χ2v) is 3.37. The molecule has 0 amide bonds. The highest BCUT2D eigenvalue weighted by Crippen LogP contribution is 2.29. The van der Waals surface area contributed by atoms with E-state index in [4.69, 9.17) is 4.74 Å². The maximum Gasteiger partial charge on any atom is 0.314 e. The topological polar surface area (TPSA) is 84.6 Å². The van der Waals surface area contributed by atoms with E-state index in [9.17, 15) is 19.6 Å². The van der Waals surface area contributed by atoms with Gasteiger partial charge in [0.1, 0.15) is 12.7 Å². The predicted octanol–water partition coefficient (Wildman–Crippen LogP) is 0.693. The van der Waals surface area contributed by atoms with Crippen LogP contribution in [0.4, 0.5) is 10.1 Å². The molecular formula is C10H13FN2O4. The fourth-order valence-corrected chi connectivity index (χ4v) is 1.26. The first-order valence-electron chi connectivity index (χ1n) is 4.94. The van der Waals surface area contributed by atoms with Gasteiger partial charge >= 0.3 is 5.69 Å². The van der Waals surface area contributed by atoms with E-state index in [0.29, 0.717) is 0 Å². The number of aliphatic hydroxyl groups is 1. The molecule has 7 heteroatoms. The van der Waals surface area contributed by atoms with Crippen molar-refractivity contribution in [3.8, 4) is 5.75 Å². The molecule has 0 fully saturated rings. The first-order chi connectivity index (χ1) is 8.06. The Morgan fingerprint density at radius 1 is 1.65 bits per heavy atom. The van der Waals surface area contributed by atoms with Crippen molar-refractivity contribution in [3.05, 3.63) is 34.1 Å². The van der Waals surface area contributed by atoms with Crippen LogP contribution < -0.4 is 10.1 Å². The van der Waals surface area contributed by atoms with Crippen molar-refractivity contribution in [1.82, 2.24) is 5.32 Å². The summed E-state index contributed by atoms with van der Waals surface area (Å²) in [6.45, 7) is 0.0326. The summed E-state index contributed by atoms with van der Waals surface area (Å²) >= 11 is 0. The van der Waals surface area contributed by atoms with Crippen molar-refractivity contribution >= 4 is 5.69 Å². The number of nitro benzene ring substituents is 1. The van der Waals surface area contributed by atoms with Crippen LogP contribution in [0.2, 0.25) is 0 Å². The van der Waals surface area contributed by atoms with Gasteiger partial charge in [0.15, 0.2) is 5.82 Å². The standard InChI is InChI=1S/C10H13FN2O4/c1-12-5-7(14)6-17-10-8(11)3-2-4-9(10)13(15)16/h2-4,7,12,14H,5-6H2,1H3. The van der Waals surface area contributed by atoms with Crippen LogP contribution in [-0.4, -0.2) is 36.3 Å². The van der Waals surface area contributed by atoms with Crippen molar-refractivity contribution in [2.75, 3.05) is 20.2 Å². The third-order valence-corrected chi connectivity index (χ3v) is 2.00. The van der Waals surface area contributed by atoms with Gasteiger partial charge in [-0.25, -0.2) is 4.39 Å². The summed E-state index contributed by atoms with van der Waals surface area (Å²) in [6.07, 6.45) is -0.862. The summed E-state index contributed by atoms with van der Waals surface area (Å²) in [4.78, 5) is 9.90. The number of hydrogen-bond acceptors (Lipinski definition) is 5. The number of nitrogens with one attached hydrogen (secondary N) is 1. The normalized spacial score (nSPS) is 12.2. The molecule has 1 atom stereocenters. The molecule has 0 aliphatic carbocycles. The van der Waals surface area contributed by atoms with Gasteiger partial charge in [0, 0.05) is 12.6 Å². The first kappa shape index (κ1) is 13.3. The Morgan fingerprint density at radius 2 is 2.35 bits per heavy atom. The number of rotatable bonds is 6. The molecule has 0 bridgehead atoms. The fraction of sp³-hybridized carbons (Fsp3) is 0.400. The highest BCUT2D eigenvalue weighted by molar-refractivity contribution is 5.46. The minimum Gasteiger partial charge on any atom is -0.482 e. The van der Waals surface area contributed by atoms with Gasteiger partial charge in [-0.05, 0) is 13.1 Å². The summed E-state index contributed by atoms with van der Waals surface area (Å²) in [5, 5.41) is 22.7. The second-order valence-electron chi connectivity index (χ2n) is 3.37.